The third kappa shape index (κ3) is 2.84. The number of carboxylic acids is 1. The number of carboxylic acid groups (broad SMARTS) is 1. The van der Waals surface area contributed by atoms with E-state index in [-0.39, 0.29) is 6.54 Å². The Bertz CT molecular complexity index is 600. The van der Waals surface area contributed by atoms with Gasteiger partial charge in [0.25, 0.3) is 0 Å². The molecule has 6 nitrogen and oxygen atoms in total. The third-order valence-electron chi connectivity index (χ3n) is 2.73. The molecule has 2 aromatic heterocycles. The smallest absolute Gasteiger partial charge is 0.310 e. The molecule has 0 aliphatic rings. The number of rotatable bonds is 4. The summed E-state index contributed by atoms with van der Waals surface area (Å²) in [6.45, 7) is 5.51. The molecule has 2 aromatic rings. The van der Waals surface area contributed by atoms with Gasteiger partial charge in [-0.3, -0.25) is 4.79 Å². The number of carbonyl (C=O) groups is 1. The van der Waals surface area contributed by atoms with Crippen LogP contribution in [-0.4, -0.2) is 31.3 Å². The lowest BCUT2D eigenvalue weighted by Crippen LogP contribution is -2.30. The summed E-state index contributed by atoms with van der Waals surface area (Å²) >= 11 is 4.98. The maximum atomic E-state index is 11.2. The maximum Gasteiger partial charge on any atom is 0.310 e. The lowest BCUT2D eigenvalue weighted by atomic mass is 9.94. The number of thiophene rings is 1. The number of nitrogens with zero attached hydrogens (tertiary/aromatic N) is 4. The number of hydrogen-bond acceptors (Lipinski definition) is 5. The van der Waals surface area contributed by atoms with Crippen molar-refractivity contribution in [3.63, 3.8) is 0 Å². The monoisotopic (exact) mass is 344 g/mol. The molecule has 0 aromatic carbocycles. The summed E-state index contributed by atoms with van der Waals surface area (Å²) in [6.07, 6.45) is 0. The Balaban J connectivity index is 2.35. The average Bonchev–Trinajstić information content (AvgIpc) is 2.86. The quantitative estimate of drug-likeness (QED) is 0.921. The van der Waals surface area contributed by atoms with Gasteiger partial charge < -0.3 is 5.11 Å². The largest absolute Gasteiger partial charge is 0.481 e. The summed E-state index contributed by atoms with van der Waals surface area (Å²) in [5.41, 5.74) is 0.181. The van der Waals surface area contributed by atoms with E-state index in [1.807, 2.05) is 13.0 Å². The predicted octanol–water partition coefficient (Wildman–Crippen LogP) is 2.58. The Morgan fingerprint density at radius 1 is 1.58 bits per heavy atom. The van der Waals surface area contributed by atoms with Gasteiger partial charge in [-0.05, 0) is 58.8 Å². The van der Waals surface area contributed by atoms with E-state index in [0.29, 0.717) is 5.82 Å². The lowest BCUT2D eigenvalue weighted by Gasteiger charge is -2.18. The summed E-state index contributed by atoms with van der Waals surface area (Å²) in [6, 6.07) is 1.98. The second-order valence-corrected chi connectivity index (χ2v) is 7.29. The molecule has 2 rings (SSSR count). The van der Waals surface area contributed by atoms with Gasteiger partial charge in [-0.25, -0.2) is 4.68 Å². The summed E-state index contributed by atoms with van der Waals surface area (Å²) in [7, 11) is 0. The molecule has 0 amide bonds. The van der Waals surface area contributed by atoms with Crippen LogP contribution in [0, 0.1) is 12.3 Å². The normalized spacial score (nSPS) is 11.8. The Labute approximate surface area is 122 Å². The first-order chi connectivity index (χ1) is 8.81. The number of aryl methyl sites for hydroxylation is 1. The minimum atomic E-state index is -0.923. The van der Waals surface area contributed by atoms with Crippen molar-refractivity contribution in [3.8, 4) is 10.7 Å². The second-order valence-electron chi connectivity index (χ2n) is 4.92. The van der Waals surface area contributed by atoms with Gasteiger partial charge in [0.1, 0.15) is 0 Å². The maximum absolute atomic E-state index is 11.2. The zero-order chi connectivity index (χ0) is 14.2. The highest BCUT2D eigenvalue weighted by Gasteiger charge is 2.30. The summed E-state index contributed by atoms with van der Waals surface area (Å²) in [5.74, 6) is -0.286. The SMILES string of the molecule is Cc1cc(-c2nnnn2CC(C)(C)C(=O)O)sc1Br. The molecule has 1 N–H and O–H groups in total. The fourth-order valence-electron chi connectivity index (χ4n) is 1.50. The molecule has 102 valence electrons. The van der Waals surface area contributed by atoms with Crippen molar-refractivity contribution in [1.82, 2.24) is 20.2 Å². The third-order valence-corrected chi connectivity index (χ3v) is 4.87. The molecule has 0 atom stereocenters. The number of hydrogen-bond donors (Lipinski definition) is 1. The fraction of sp³-hybridized carbons (Fsp3) is 0.455. The van der Waals surface area contributed by atoms with Crippen LogP contribution >= 0.6 is 27.3 Å². The van der Waals surface area contributed by atoms with Crippen LogP contribution in [0.4, 0.5) is 0 Å². The first-order valence-electron chi connectivity index (χ1n) is 5.57. The van der Waals surface area contributed by atoms with Crippen LogP contribution in [-0.2, 0) is 11.3 Å². The topological polar surface area (TPSA) is 80.9 Å². The summed E-state index contributed by atoms with van der Waals surface area (Å²) < 4.78 is 2.56. The molecule has 0 saturated heterocycles. The van der Waals surface area contributed by atoms with E-state index in [9.17, 15) is 4.79 Å². The van der Waals surface area contributed by atoms with Crippen molar-refractivity contribution in [3.05, 3.63) is 15.4 Å². The standard InChI is InChI=1S/C11H13BrN4O2S/c1-6-4-7(19-8(6)12)9-13-14-15-16(9)5-11(2,3)10(17)18/h4H,5H2,1-3H3,(H,17,18). The van der Waals surface area contributed by atoms with E-state index in [2.05, 4.69) is 31.5 Å². The number of aliphatic carboxylic acids is 1. The molecule has 2 heterocycles. The molecule has 19 heavy (non-hydrogen) atoms. The van der Waals surface area contributed by atoms with Gasteiger partial charge in [0.2, 0.25) is 0 Å². The zero-order valence-electron chi connectivity index (χ0n) is 10.7. The van der Waals surface area contributed by atoms with Gasteiger partial charge in [-0.1, -0.05) is 0 Å². The summed E-state index contributed by atoms with van der Waals surface area (Å²) in [5, 5.41) is 20.7. The second kappa shape index (κ2) is 5.01. The molecular formula is C11H13BrN4O2S. The highest BCUT2D eigenvalue weighted by atomic mass is 79.9. The van der Waals surface area contributed by atoms with E-state index < -0.39 is 11.4 Å². The van der Waals surface area contributed by atoms with Gasteiger partial charge in [0, 0.05) is 0 Å². The van der Waals surface area contributed by atoms with Crippen molar-refractivity contribution in [2.75, 3.05) is 0 Å². The van der Waals surface area contributed by atoms with E-state index >= 15 is 0 Å². The van der Waals surface area contributed by atoms with Gasteiger partial charge in [-0.15, -0.1) is 16.4 Å². The molecule has 0 aliphatic heterocycles. The van der Waals surface area contributed by atoms with Crippen LogP contribution in [0.2, 0.25) is 0 Å². The summed E-state index contributed by atoms with van der Waals surface area (Å²) in [4.78, 5) is 12.1. The molecule has 0 aliphatic carbocycles. The van der Waals surface area contributed by atoms with Crippen LogP contribution in [0.3, 0.4) is 0 Å². The molecule has 0 spiro atoms. The highest BCUT2D eigenvalue weighted by molar-refractivity contribution is 9.11. The van der Waals surface area contributed by atoms with Crippen LogP contribution in [0.1, 0.15) is 19.4 Å². The van der Waals surface area contributed by atoms with E-state index in [1.54, 1.807) is 13.8 Å². The Kier molecular flexibility index (Phi) is 3.73. The highest BCUT2D eigenvalue weighted by Crippen LogP contribution is 2.34. The van der Waals surface area contributed by atoms with Crippen LogP contribution in [0.15, 0.2) is 9.85 Å². The molecule has 8 heteroatoms. The molecule has 0 saturated carbocycles. The van der Waals surface area contributed by atoms with Crippen molar-refractivity contribution in [2.24, 2.45) is 5.41 Å². The van der Waals surface area contributed by atoms with Gasteiger partial charge in [-0.2, -0.15) is 0 Å². The van der Waals surface area contributed by atoms with Crippen LogP contribution < -0.4 is 0 Å². The Morgan fingerprint density at radius 2 is 2.26 bits per heavy atom. The molecule has 0 unspecified atom stereocenters. The Hall–Kier alpha value is -1.28. The minimum absolute atomic E-state index is 0.221. The fourth-order valence-corrected chi connectivity index (χ4v) is 3.02. The van der Waals surface area contributed by atoms with Gasteiger partial charge in [0.15, 0.2) is 5.82 Å². The number of aromatic nitrogens is 4. The van der Waals surface area contributed by atoms with Crippen molar-refractivity contribution in [2.45, 2.75) is 27.3 Å². The van der Waals surface area contributed by atoms with Gasteiger partial charge in [0.05, 0.1) is 20.6 Å². The first-order valence-corrected chi connectivity index (χ1v) is 7.18. The number of tetrazole rings is 1. The van der Waals surface area contributed by atoms with Crippen molar-refractivity contribution in [1.29, 1.82) is 0 Å². The zero-order valence-corrected chi connectivity index (χ0v) is 13.1. The first kappa shape index (κ1) is 14.1. The van der Waals surface area contributed by atoms with Crippen molar-refractivity contribution < 1.29 is 9.90 Å². The predicted molar refractivity (Wildman–Crippen MR) is 75.0 cm³/mol. The van der Waals surface area contributed by atoms with Gasteiger partial charge >= 0.3 is 5.97 Å². The molecule has 0 bridgehead atoms. The van der Waals surface area contributed by atoms with Crippen LogP contribution in [0.5, 0.6) is 0 Å². The molecular weight excluding hydrogens is 332 g/mol. The van der Waals surface area contributed by atoms with E-state index in [0.717, 1.165) is 14.2 Å². The van der Waals surface area contributed by atoms with E-state index in [4.69, 9.17) is 5.11 Å². The minimum Gasteiger partial charge on any atom is -0.481 e. The Morgan fingerprint density at radius 3 is 2.79 bits per heavy atom. The molecule has 0 fully saturated rings. The molecule has 0 radical (unpaired) electrons. The lowest BCUT2D eigenvalue weighted by molar-refractivity contribution is -0.147. The van der Waals surface area contributed by atoms with Crippen LogP contribution in [0.25, 0.3) is 10.7 Å². The van der Waals surface area contributed by atoms with Crippen molar-refractivity contribution >= 4 is 33.2 Å². The number of halogens is 1. The average molecular weight is 345 g/mol. The van der Waals surface area contributed by atoms with E-state index in [1.165, 1.54) is 16.0 Å².